The molecule has 0 bridgehead atoms. The van der Waals surface area contributed by atoms with E-state index >= 15 is 0 Å². The summed E-state index contributed by atoms with van der Waals surface area (Å²) >= 11 is 0. The number of sulfone groups is 1. The Labute approximate surface area is 154 Å². The molecule has 0 unspecified atom stereocenters. The van der Waals surface area contributed by atoms with Crippen molar-refractivity contribution < 1.29 is 18.0 Å². The normalized spacial score (nSPS) is 18.5. The van der Waals surface area contributed by atoms with Crippen LogP contribution in [0.2, 0.25) is 0 Å². The molecule has 1 aromatic carbocycles. The average molecular weight is 379 g/mol. The van der Waals surface area contributed by atoms with E-state index in [4.69, 9.17) is 0 Å². The highest BCUT2D eigenvalue weighted by Gasteiger charge is 2.32. The zero-order valence-electron chi connectivity index (χ0n) is 14.8. The van der Waals surface area contributed by atoms with Crippen LogP contribution in [0.5, 0.6) is 0 Å². The van der Waals surface area contributed by atoms with Gasteiger partial charge >= 0.3 is 5.24 Å². The van der Waals surface area contributed by atoms with Crippen LogP contribution >= 0.6 is 0 Å². The molecule has 3 rings (SSSR count). The summed E-state index contributed by atoms with van der Waals surface area (Å²) in [5.74, 6) is -0.496. The smallest absolute Gasteiger partial charge is 0.336 e. The Hall–Kier alpha value is -1.93. The second-order valence-electron chi connectivity index (χ2n) is 6.84. The van der Waals surface area contributed by atoms with Crippen LogP contribution in [0.25, 0.3) is 0 Å². The van der Waals surface area contributed by atoms with Crippen LogP contribution in [-0.2, 0) is 21.1 Å². The lowest BCUT2D eigenvalue weighted by atomic mass is 10.2. The number of rotatable bonds is 6. The lowest BCUT2D eigenvalue weighted by Gasteiger charge is -2.34. The number of carbonyl (C=O) groups excluding carboxylic acids is 2. The first-order valence-corrected chi connectivity index (χ1v) is 10.7. The Morgan fingerprint density at radius 2 is 1.69 bits per heavy atom. The summed E-state index contributed by atoms with van der Waals surface area (Å²) in [6, 6.07) is 9.81. The van der Waals surface area contributed by atoms with Crippen LogP contribution in [0, 0.1) is 0 Å². The maximum absolute atomic E-state index is 12.2. The number of hydrogen-bond donors (Lipinski definition) is 1. The van der Waals surface area contributed by atoms with Crippen molar-refractivity contribution in [2.24, 2.45) is 0 Å². The number of nitrogens with one attached hydrogen (secondary N) is 1. The first-order valence-electron chi connectivity index (χ1n) is 9.02. The molecule has 2 fully saturated rings. The molecule has 1 aromatic rings. The fourth-order valence-corrected chi connectivity index (χ4v) is 4.12. The van der Waals surface area contributed by atoms with Gasteiger partial charge in [0.05, 0.1) is 12.3 Å². The summed E-state index contributed by atoms with van der Waals surface area (Å²) in [4.78, 5) is 28.2. The van der Waals surface area contributed by atoms with E-state index in [9.17, 15) is 18.0 Å². The number of aryl methyl sites for hydroxylation is 1. The lowest BCUT2D eigenvalue weighted by molar-refractivity contribution is -0.131. The van der Waals surface area contributed by atoms with E-state index in [1.165, 1.54) is 12.8 Å². The molecule has 1 aliphatic heterocycles. The van der Waals surface area contributed by atoms with Gasteiger partial charge in [0.15, 0.2) is 0 Å². The molecule has 0 radical (unpaired) electrons. The predicted molar refractivity (Wildman–Crippen MR) is 98.5 cm³/mol. The summed E-state index contributed by atoms with van der Waals surface area (Å²) in [6.07, 6.45) is 2.75. The lowest BCUT2D eigenvalue weighted by Crippen LogP contribution is -2.52. The average Bonchev–Trinajstić information content (AvgIpc) is 3.50. The molecular weight excluding hydrogens is 354 g/mol. The van der Waals surface area contributed by atoms with E-state index in [2.05, 4.69) is 10.2 Å². The van der Waals surface area contributed by atoms with Crippen LogP contribution in [-0.4, -0.2) is 73.9 Å². The highest BCUT2D eigenvalue weighted by molar-refractivity contribution is 8.06. The van der Waals surface area contributed by atoms with Crippen molar-refractivity contribution in [3.05, 3.63) is 35.9 Å². The topological polar surface area (TPSA) is 86.8 Å². The predicted octanol–water partition coefficient (Wildman–Crippen LogP) is 0.660. The molecule has 0 spiro atoms. The number of piperazine rings is 1. The Kier molecular flexibility index (Phi) is 5.93. The van der Waals surface area contributed by atoms with Gasteiger partial charge in [-0.15, -0.1) is 0 Å². The van der Waals surface area contributed by atoms with Crippen molar-refractivity contribution in [1.29, 1.82) is 0 Å². The highest BCUT2D eigenvalue weighted by Crippen LogP contribution is 2.27. The second kappa shape index (κ2) is 8.18. The zero-order valence-corrected chi connectivity index (χ0v) is 15.6. The zero-order chi connectivity index (χ0) is 18.6. The van der Waals surface area contributed by atoms with Crippen molar-refractivity contribution in [3.63, 3.8) is 0 Å². The van der Waals surface area contributed by atoms with Crippen LogP contribution < -0.4 is 5.32 Å². The third-order valence-corrected chi connectivity index (χ3v) is 6.35. The molecule has 8 heteroatoms. The van der Waals surface area contributed by atoms with Crippen molar-refractivity contribution in [3.8, 4) is 0 Å². The molecule has 1 saturated carbocycles. The minimum Gasteiger partial charge on any atom is -0.339 e. The van der Waals surface area contributed by atoms with Gasteiger partial charge in [-0.2, -0.15) is 0 Å². The fourth-order valence-electron chi connectivity index (χ4n) is 3.14. The monoisotopic (exact) mass is 379 g/mol. The number of benzene rings is 1. The van der Waals surface area contributed by atoms with Crippen LogP contribution in [0.4, 0.5) is 4.79 Å². The Morgan fingerprint density at radius 3 is 2.31 bits per heavy atom. The van der Waals surface area contributed by atoms with Crippen LogP contribution in [0.1, 0.15) is 18.4 Å². The van der Waals surface area contributed by atoms with E-state index in [0.29, 0.717) is 19.1 Å². The second-order valence-corrected chi connectivity index (χ2v) is 8.85. The van der Waals surface area contributed by atoms with E-state index in [1.54, 1.807) is 4.90 Å². The van der Waals surface area contributed by atoms with Gasteiger partial charge in [0, 0.05) is 32.2 Å². The quantitative estimate of drug-likeness (QED) is 0.785. The third-order valence-electron chi connectivity index (χ3n) is 4.90. The molecule has 1 heterocycles. The first-order chi connectivity index (χ1) is 12.5. The van der Waals surface area contributed by atoms with E-state index < -0.39 is 15.1 Å². The molecule has 2 amide bonds. The largest absolute Gasteiger partial charge is 0.339 e. The van der Waals surface area contributed by atoms with Crippen molar-refractivity contribution in [2.75, 3.05) is 38.5 Å². The Balaban J connectivity index is 1.41. The van der Waals surface area contributed by atoms with Crippen molar-refractivity contribution in [1.82, 2.24) is 15.1 Å². The van der Waals surface area contributed by atoms with E-state index in [0.717, 1.165) is 18.7 Å². The summed E-state index contributed by atoms with van der Waals surface area (Å²) in [5.41, 5.74) is 0.855. The SMILES string of the molecule is O=C(CNC(=O)S(=O)(=O)CCc1ccccc1)N1CCN(C2CC2)CC1. The van der Waals surface area contributed by atoms with Gasteiger partial charge in [-0.3, -0.25) is 14.5 Å². The third kappa shape index (κ3) is 5.04. The molecular formula is C18H25N3O4S. The van der Waals surface area contributed by atoms with Gasteiger partial charge in [0.1, 0.15) is 0 Å². The molecule has 1 aliphatic carbocycles. The van der Waals surface area contributed by atoms with Gasteiger partial charge < -0.3 is 10.2 Å². The van der Waals surface area contributed by atoms with Gasteiger partial charge in [-0.25, -0.2) is 8.42 Å². The molecule has 7 nitrogen and oxygen atoms in total. The Bertz CT molecular complexity index is 739. The molecule has 26 heavy (non-hydrogen) atoms. The van der Waals surface area contributed by atoms with Crippen molar-refractivity contribution in [2.45, 2.75) is 25.3 Å². The minimum atomic E-state index is -3.93. The van der Waals surface area contributed by atoms with Gasteiger partial charge in [0.2, 0.25) is 15.7 Å². The van der Waals surface area contributed by atoms with E-state index in [1.807, 2.05) is 30.3 Å². The van der Waals surface area contributed by atoms with Crippen LogP contribution in [0.15, 0.2) is 30.3 Å². The number of amides is 2. The van der Waals surface area contributed by atoms with Crippen LogP contribution in [0.3, 0.4) is 0 Å². The first kappa shape index (κ1) is 18.8. The van der Waals surface area contributed by atoms with Gasteiger partial charge in [-0.1, -0.05) is 30.3 Å². The highest BCUT2D eigenvalue weighted by atomic mass is 32.2. The van der Waals surface area contributed by atoms with E-state index in [-0.39, 0.29) is 24.6 Å². The maximum atomic E-state index is 12.2. The molecule has 1 saturated heterocycles. The van der Waals surface area contributed by atoms with Gasteiger partial charge in [0.25, 0.3) is 0 Å². The summed E-state index contributed by atoms with van der Waals surface area (Å²) in [6.45, 7) is 2.68. The number of hydrogen-bond acceptors (Lipinski definition) is 5. The number of nitrogens with zero attached hydrogens (tertiary/aromatic N) is 2. The summed E-state index contributed by atoms with van der Waals surface area (Å²) < 4.78 is 24.1. The molecule has 0 atom stereocenters. The standard InChI is InChI=1S/C18H25N3O4S/c22-17(21-11-9-20(10-12-21)16-6-7-16)14-19-18(23)26(24,25)13-8-15-4-2-1-3-5-15/h1-5,16H,6-14H2,(H,19,23). The molecule has 142 valence electrons. The summed E-state index contributed by atoms with van der Waals surface area (Å²) in [7, 11) is -3.93. The molecule has 1 N–H and O–H groups in total. The maximum Gasteiger partial charge on any atom is 0.336 e. The Morgan fingerprint density at radius 1 is 1.04 bits per heavy atom. The molecule has 0 aromatic heterocycles. The van der Waals surface area contributed by atoms with Crippen molar-refractivity contribution >= 4 is 21.0 Å². The van der Waals surface area contributed by atoms with Gasteiger partial charge in [-0.05, 0) is 24.8 Å². The summed E-state index contributed by atoms with van der Waals surface area (Å²) in [5, 5.41) is 1.20. The number of carbonyl (C=O) groups is 2. The molecule has 2 aliphatic rings. The minimum absolute atomic E-state index is 0.230. The fraction of sp³-hybridized carbons (Fsp3) is 0.556.